The van der Waals surface area contributed by atoms with Gasteiger partial charge >= 0.3 is 5.97 Å². The summed E-state index contributed by atoms with van der Waals surface area (Å²) in [5.74, 6) is -0.767. The molecule has 0 bridgehead atoms. The standard InChI is InChI=1S/C17H17Cl2NO5S/c1-4-9(2)20-16(22)13(26-17(20)23)7-10-5-11(18)15(12(19)6-10)25-8-14(21)24-3/h5-7,9H,4,8H2,1-3H3/b13-7+. The third-order valence-corrected chi connectivity index (χ3v) is 5.18. The van der Waals surface area contributed by atoms with Crippen LogP contribution < -0.4 is 4.74 Å². The molecule has 1 unspecified atom stereocenters. The van der Waals surface area contributed by atoms with Gasteiger partial charge in [-0.3, -0.25) is 14.5 Å². The zero-order valence-electron chi connectivity index (χ0n) is 14.4. The van der Waals surface area contributed by atoms with Crippen LogP contribution >= 0.6 is 35.0 Å². The first kappa shape index (κ1) is 20.6. The largest absolute Gasteiger partial charge is 0.479 e. The van der Waals surface area contributed by atoms with Gasteiger partial charge in [0.15, 0.2) is 12.4 Å². The van der Waals surface area contributed by atoms with Crippen molar-refractivity contribution in [1.82, 2.24) is 4.90 Å². The van der Waals surface area contributed by atoms with Crippen molar-refractivity contribution in [2.45, 2.75) is 26.3 Å². The zero-order valence-corrected chi connectivity index (χ0v) is 16.7. The summed E-state index contributed by atoms with van der Waals surface area (Å²) >= 11 is 13.2. The van der Waals surface area contributed by atoms with Crippen molar-refractivity contribution in [3.8, 4) is 5.75 Å². The van der Waals surface area contributed by atoms with Gasteiger partial charge in [0.25, 0.3) is 11.1 Å². The molecule has 1 fully saturated rings. The van der Waals surface area contributed by atoms with Crippen LogP contribution in [0.1, 0.15) is 25.8 Å². The summed E-state index contributed by atoms with van der Waals surface area (Å²) in [5, 5.41) is 0.0495. The summed E-state index contributed by atoms with van der Waals surface area (Å²) in [6, 6.07) is 2.91. The van der Waals surface area contributed by atoms with Crippen molar-refractivity contribution in [1.29, 1.82) is 0 Å². The summed E-state index contributed by atoms with van der Waals surface area (Å²) in [4.78, 5) is 37.2. The molecule has 0 saturated carbocycles. The van der Waals surface area contributed by atoms with Gasteiger partial charge in [0.05, 0.1) is 22.1 Å². The summed E-state index contributed by atoms with van der Waals surface area (Å²) in [7, 11) is 1.24. The number of hydrogen-bond acceptors (Lipinski definition) is 6. The molecule has 0 radical (unpaired) electrons. The third kappa shape index (κ3) is 4.52. The number of nitrogens with zero attached hydrogens (tertiary/aromatic N) is 1. The highest BCUT2D eigenvalue weighted by molar-refractivity contribution is 8.18. The number of carbonyl (C=O) groups is 3. The average Bonchev–Trinajstić information content (AvgIpc) is 2.86. The van der Waals surface area contributed by atoms with E-state index in [1.54, 1.807) is 6.08 Å². The van der Waals surface area contributed by atoms with Gasteiger partial charge in [0.2, 0.25) is 0 Å². The summed E-state index contributed by atoms with van der Waals surface area (Å²) in [6.07, 6.45) is 2.23. The molecule has 0 N–H and O–H groups in total. The first-order valence-corrected chi connectivity index (χ1v) is 9.31. The number of ether oxygens (including phenoxy) is 2. The molecule has 1 aliphatic rings. The zero-order chi connectivity index (χ0) is 19.4. The van der Waals surface area contributed by atoms with E-state index >= 15 is 0 Å². The molecule has 1 aliphatic heterocycles. The molecular formula is C17H17Cl2NO5S. The van der Waals surface area contributed by atoms with Crippen molar-refractivity contribution < 1.29 is 23.9 Å². The molecule has 1 saturated heterocycles. The van der Waals surface area contributed by atoms with E-state index in [-0.39, 0.29) is 39.6 Å². The summed E-state index contributed by atoms with van der Waals surface area (Å²) in [6.45, 7) is 3.40. The fraction of sp³-hybridized carbons (Fsp3) is 0.353. The van der Waals surface area contributed by atoms with Gasteiger partial charge < -0.3 is 9.47 Å². The molecule has 0 spiro atoms. The highest BCUT2D eigenvalue weighted by Crippen LogP contribution is 2.38. The van der Waals surface area contributed by atoms with Crippen molar-refractivity contribution in [2.75, 3.05) is 13.7 Å². The van der Waals surface area contributed by atoms with E-state index in [1.165, 1.54) is 24.1 Å². The number of thioether (sulfide) groups is 1. The Morgan fingerprint density at radius 2 is 1.92 bits per heavy atom. The second-order valence-electron chi connectivity index (χ2n) is 5.49. The fourth-order valence-corrected chi connectivity index (χ4v) is 3.73. The lowest BCUT2D eigenvalue weighted by molar-refractivity contribution is -0.142. The minimum Gasteiger partial charge on any atom is -0.479 e. The molecule has 140 valence electrons. The van der Waals surface area contributed by atoms with Gasteiger partial charge in [0.1, 0.15) is 0 Å². The Hall–Kier alpha value is -1.70. The molecule has 6 nitrogen and oxygen atoms in total. The molecule has 9 heteroatoms. The van der Waals surface area contributed by atoms with Gasteiger partial charge in [-0.15, -0.1) is 0 Å². The van der Waals surface area contributed by atoms with E-state index in [2.05, 4.69) is 4.74 Å². The van der Waals surface area contributed by atoms with Gasteiger partial charge in [-0.1, -0.05) is 30.1 Å². The monoisotopic (exact) mass is 417 g/mol. The van der Waals surface area contributed by atoms with Crippen molar-refractivity contribution in [2.24, 2.45) is 0 Å². The van der Waals surface area contributed by atoms with Crippen LogP contribution in [0.2, 0.25) is 10.0 Å². The molecule has 26 heavy (non-hydrogen) atoms. The molecule has 2 amide bonds. The second-order valence-corrected chi connectivity index (χ2v) is 7.30. The average molecular weight is 418 g/mol. The summed E-state index contributed by atoms with van der Waals surface area (Å²) < 4.78 is 9.74. The van der Waals surface area contributed by atoms with Gasteiger partial charge in [0, 0.05) is 6.04 Å². The minimum absolute atomic E-state index is 0.142. The molecule has 0 aliphatic carbocycles. The topological polar surface area (TPSA) is 72.9 Å². The maximum atomic E-state index is 12.4. The third-order valence-electron chi connectivity index (χ3n) is 3.74. The molecule has 1 heterocycles. The quantitative estimate of drug-likeness (QED) is 0.504. The Kier molecular flexibility index (Phi) is 6.97. The van der Waals surface area contributed by atoms with E-state index < -0.39 is 5.97 Å². The number of amides is 2. The van der Waals surface area contributed by atoms with Crippen LogP contribution in [0.25, 0.3) is 6.08 Å². The Balaban J connectivity index is 2.25. The Morgan fingerprint density at radius 1 is 1.31 bits per heavy atom. The molecular weight excluding hydrogens is 401 g/mol. The summed E-state index contributed by atoms with van der Waals surface area (Å²) in [5.41, 5.74) is 0.542. The van der Waals surface area contributed by atoms with E-state index in [4.69, 9.17) is 27.9 Å². The predicted octanol–water partition coefficient (Wildman–Crippen LogP) is 4.38. The van der Waals surface area contributed by atoms with Crippen molar-refractivity contribution in [3.05, 3.63) is 32.6 Å². The van der Waals surface area contributed by atoms with Gasteiger partial charge in [-0.2, -0.15) is 0 Å². The highest BCUT2D eigenvalue weighted by Gasteiger charge is 2.37. The van der Waals surface area contributed by atoms with Crippen LogP contribution in [0.5, 0.6) is 5.75 Å². The van der Waals surface area contributed by atoms with Crippen LogP contribution in [-0.2, 0) is 14.3 Å². The molecule has 2 rings (SSSR count). The van der Waals surface area contributed by atoms with E-state index in [1.807, 2.05) is 13.8 Å². The number of imide groups is 1. The minimum atomic E-state index is -0.570. The van der Waals surface area contributed by atoms with Crippen LogP contribution in [0.4, 0.5) is 4.79 Å². The van der Waals surface area contributed by atoms with Crippen molar-refractivity contribution >= 4 is 58.2 Å². The van der Waals surface area contributed by atoms with Crippen LogP contribution in [0, 0.1) is 0 Å². The van der Waals surface area contributed by atoms with Gasteiger partial charge in [-0.05, 0) is 48.9 Å². The Bertz CT molecular complexity index is 757. The Labute approximate surface area is 165 Å². The van der Waals surface area contributed by atoms with Gasteiger partial charge in [-0.25, -0.2) is 4.79 Å². The number of hydrogen-bond donors (Lipinski definition) is 0. The lowest BCUT2D eigenvalue weighted by Gasteiger charge is -2.19. The molecule has 1 aromatic rings. The molecule has 0 aromatic heterocycles. The maximum absolute atomic E-state index is 12.4. The van der Waals surface area contributed by atoms with Crippen LogP contribution in [0.15, 0.2) is 17.0 Å². The SMILES string of the molecule is CCC(C)N1C(=O)S/C(=C/c2cc(Cl)c(OCC(=O)OC)c(Cl)c2)C1=O. The highest BCUT2D eigenvalue weighted by atomic mass is 35.5. The smallest absolute Gasteiger partial charge is 0.343 e. The second kappa shape index (κ2) is 8.79. The first-order chi connectivity index (χ1) is 12.3. The first-order valence-electron chi connectivity index (χ1n) is 7.74. The normalized spacial score (nSPS) is 17.0. The number of esters is 1. The van der Waals surface area contributed by atoms with Crippen LogP contribution in [-0.4, -0.2) is 41.8 Å². The molecule has 1 aromatic carbocycles. The number of rotatable bonds is 6. The van der Waals surface area contributed by atoms with Crippen LogP contribution in [0.3, 0.4) is 0 Å². The number of halogens is 2. The lowest BCUT2D eigenvalue weighted by Crippen LogP contribution is -2.36. The number of methoxy groups -OCH3 is 1. The number of carbonyl (C=O) groups excluding carboxylic acids is 3. The molecule has 1 atom stereocenters. The van der Waals surface area contributed by atoms with E-state index in [0.717, 1.165) is 11.8 Å². The maximum Gasteiger partial charge on any atom is 0.343 e. The number of benzene rings is 1. The predicted molar refractivity (Wildman–Crippen MR) is 102 cm³/mol. The fourth-order valence-electron chi connectivity index (χ4n) is 2.18. The van der Waals surface area contributed by atoms with E-state index in [0.29, 0.717) is 16.9 Å². The van der Waals surface area contributed by atoms with Crippen molar-refractivity contribution in [3.63, 3.8) is 0 Å². The lowest BCUT2D eigenvalue weighted by atomic mass is 10.2. The van der Waals surface area contributed by atoms with E-state index in [9.17, 15) is 14.4 Å². The Morgan fingerprint density at radius 3 is 2.46 bits per heavy atom.